The fraction of sp³-hybridized carbons (Fsp3) is 0.467. The maximum Gasteiger partial charge on any atom is 0.120 e. The van der Waals surface area contributed by atoms with Gasteiger partial charge < -0.3 is 4.74 Å². The van der Waals surface area contributed by atoms with Crippen molar-refractivity contribution < 1.29 is 4.74 Å². The number of allylic oxidation sites excluding steroid dienone is 1. The van der Waals surface area contributed by atoms with Crippen molar-refractivity contribution in [3.05, 3.63) is 35.9 Å². The lowest BCUT2D eigenvalue weighted by molar-refractivity contribution is 0.0986. The molecule has 0 saturated heterocycles. The van der Waals surface area contributed by atoms with Crippen LogP contribution in [0.5, 0.6) is 5.75 Å². The van der Waals surface area contributed by atoms with E-state index >= 15 is 0 Å². The Kier molecular flexibility index (Phi) is 4.60. The van der Waals surface area contributed by atoms with E-state index in [4.69, 9.17) is 4.74 Å². The summed E-state index contributed by atoms with van der Waals surface area (Å²) < 4.78 is 5.95. The standard InChI is InChI=1S/C15H22O/c1-5-7-13-8-10-14(11-9-13)16-15(3,4)12-6-2/h5,7-11H,6,12H2,1-4H3/b7-5+. The van der Waals surface area contributed by atoms with Gasteiger partial charge in [-0.2, -0.15) is 0 Å². The van der Waals surface area contributed by atoms with Crippen molar-refractivity contribution in [1.82, 2.24) is 0 Å². The van der Waals surface area contributed by atoms with Crippen LogP contribution in [0.1, 0.15) is 46.1 Å². The Morgan fingerprint density at radius 1 is 1.19 bits per heavy atom. The molecule has 0 amide bonds. The maximum absolute atomic E-state index is 5.95. The minimum Gasteiger partial charge on any atom is -0.488 e. The second-order valence-corrected chi connectivity index (χ2v) is 4.68. The summed E-state index contributed by atoms with van der Waals surface area (Å²) in [6.45, 7) is 8.47. The van der Waals surface area contributed by atoms with Crippen LogP contribution >= 0.6 is 0 Å². The minimum atomic E-state index is -0.0726. The van der Waals surface area contributed by atoms with Crippen molar-refractivity contribution in [2.75, 3.05) is 0 Å². The molecule has 0 heterocycles. The summed E-state index contributed by atoms with van der Waals surface area (Å²) in [6, 6.07) is 8.23. The number of ether oxygens (including phenoxy) is 1. The Balaban J connectivity index is 2.68. The first-order valence-corrected chi connectivity index (χ1v) is 5.99. The summed E-state index contributed by atoms with van der Waals surface area (Å²) in [5, 5.41) is 0. The van der Waals surface area contributed by atoms with Crippen molar-refractivity contribution in [2.45, 2.75) is 46.1 Å². The van der Waals surface area contributed by atoms with Gasteiger partial charge in [-0.1, -0.05) is 37.6 Å². The molecular weight excluding hydrogens is 196 g/mol. The van der Waals surface area contributed by atoms with Crippen LogP contribution in [0.25, 0.3) is 6.08 Å². The molecular formula is C15H22O. The van der Waals surface area contributed by atoms with Gasteiger partial charge in [0.1, 0.15) is 11.4 Å². The van der Waals surface area contributed by atoms with Crippen LogP contribution in [0.15, 0.2) is 30.3 Å². The van der Waals surface area contributed by atoms with Gasteiger partial charge in [0.25, 0.3) is 0 Å². The predicted molar refractivity (Wildman–Crippen MR) is 70.8 cm³/mol. The molecule has 0 spiro atoms. The first-order chi connectivity index (χ1) is 7.57. The van der Waals surface area contributed by atoms with E-state index in [1.165, 1.54) is 5.56 Å². The fourth-order valence-electron chi connectivity index (χ4n) is 1.81. The monoisotopic (exact) mass is 218 g/mol. The average molecular weight is 218 g/mol. The molecule has 0 aliphatic rings. The third-order valence-corrected chi connectivity index (χ3v) is 2.49. The molecule has 1 rings (SSSR count). The molecule has 0 atom stereocenters. The van der Waals surface area contributed by atoms with Crippen LogP contribution in [0.4, 0.5) is 0 Å². The highest BCUT2D eigenvalue weighted by molar-refractivity contribution is 5.50. The van der Waals surface area contributed by atoms with Crippen LogP contribution in [0.3, 0.4) is 0 Å². The van der Waals surface area contributed by atoms with Crippen LogP contribution in [0, 0.1) is 0 Å². The van der Waals surface area contributed by atoms with Crippen LogP contribution < -0.4 is 4.74 Å². The summed E-state index contributed by atoms with van der Waals surface area (Å²) >= 11 is 0. The van der Waals surface area contributed by atoms with Crippen molar-refractivity contribution >= 4 is 6.08 Å². The van der Waals surface area contributed by atoms with Crippen LogP contribution in [-0.2, 0) is 0 Å². The zero-order valence-corrected chi connectivity index (χ0v) is 10.8. The Morgan fingerprint density at radius 2 is 1.81 bits per heavy atom. The maximum atomic E-state index is 5.95. The molecule has 0 saturated carbocycles. The molecule has 0 unspecified atom stereocenters. The van der Waals surface area contributed by atoms with Gasteiger partial charge in [0, 0.05) is 0 Å². The van der Waals surface area contributed by atoms with Gasteiger partial charge in [-0.05, 0) is 44.9 Å². The SMILES string of the molecule is C/C=C/c1ccc(OC(C)(C)CCC)cc1. The number of hydrogen-bond donors (Lipinski definition) is 0. The molecule has 0 aliphatic heterocycles. The van der Waals surface area contributed by atoms with E-state index in [1.54, 1.807) is 0 Å². The van der Waals surface area contributed by atoms with Gasteiger partial charge in [0.2, 0.25) is 0 Å². The molecule has 0 aliphatic carbocycles. The van der Waals surface area contributed by atoms with Crippen molar-refractivity contribution in [1.29, 1.82) is 0 Å². The zero-order chi connectivity index (χ0) is 12.0. The third-order valence-electron chi connectivity index (χ3n) is 2.49. The van der Waals surface area contributed by atoms with Crippen LogP contribution in [0.2, 0.25) is 0 Å². The normalized spacial score (nSPS) is 12.0. The van der Waals surface area contributed by atoms with E-state index in [1.807, 2.05) is 25.1 Å². The van der Waals surface area contributed by atoms with E-state index in [2.05, 4.69) is 39.0 Å². The van der Waals surface area contributed by atoms with E-state index in [0.717, 1.165) is 18.6 Å². The van der Waals surface area contributed by atoms with E-state index < -0.39 is 0 Å². The van der Waals surface area contributed by atoms with Gasteiger partial charge in [-0.3, -0.25) is 0 Å². The molecule has 1 aromatic carbocycles. The molecule has 88 valence electrons. The lowest BCUT2D eigenvalue weighted by atomic mass is 10.0. The lowest BCUT2D eigenvalue weighted by Gasteiger charge is -2.26. The van der Waals surface area contributed by atoms with Crippen LogP contribution in [-0.4, -0.2) is 5.60 Å². The summed E-state index contributed by atoms with van der Waals surface area (Å²) in [4.78, 5) is 0. The Bertz CT molecular complexity index is 333. The predicted octanol–water partition coefficient (Wildman–Crippen LogP) is 4.68. The topological polar surface area (TPSA) is 9.23 Å². The highest BCUT2D eigenvalue weighted by Crippen LogP contribution is 2.22. The molecule has 1 aromatic rings. The van der Waals surface area contributed by atoms with Crippen molar-refractivity contribution in [3.8, 4) is 5.75 Å². The van der Waals surface area contributed by atoms with Crippen molar-refractivity contribution in [3.63, 3.8) is 0 Å². The molecule has 0 bridgehead atoms. The Morgan fingerprint density at radius 3 is 2.31 bits per heavy atom. The summed E-state index contributed by atoms with van der Waals surface area (Å²) in [7, 11) is 0. The molecule has 1 nitrogen and oxygen atoms in total. The van der Waals surface area contributed by atoms with E-state index in [9.17, 15) is 0 Å². The minimum absolute atomic E-state index is 0.0726. The van der Waals surface area contributed by atoms with Crippen molar-refractivity contribution in [2.24, 2.45) is 0 Å². The Labute approximate surface area is 99.1 Å². The smallest absolute Gasteiger partial charge is 0.120 e. The summed E-state index contributed by atoms with van der Waals surface area (Å²) in [6.07, 6.45) is 6.34. The quantitative estimate of drug-likeness (QED) is 0.697. The lowest BCUT2D eigenvalue weighted by Crippen LogP contribution is -2.27. The Hall–Kier alpha value is -1.24. The number of rotatable bonds is 5. The first-order valence-electron chi connectivity index (χ1n) is 5.99. The first kappa shape index (κ1) is 12.8. The second kappa shape index (κ2) is 5.74. The number of hydrogen-bond acceptors (Lipinski definition) is 1. The summed E-state index contributed by atoms with van der Waals surface area (Å²) in [5.74, 6) is 0.951. The van der Waals surface area contributed by atoms with Gasteiger partial charge in [0.15, 0.2) is 0 Å². The molecule has 0 N–H and O–H groups in total. The highest BCUT2D eigenvalue weighted by Gasteiger charge is 2.17. The third kappa shape index (κ3) is 4.09. The van der Waals surface area contributed by atoms with Gasteiger partial charge in [-0.25, -0.2) is 0 Å². The molecule has 16 heavy (non-hydrogen) atoms. The largest absolute Gasteiger partial charge is 0.488 e. The van der Waals surface area contributed by atoms with E-state index in [0.29, 0.717) is 0 Å². The van der Waals surface area contributed by atoms with Gasteiger partial charge >= 0.3 is 0 Å². The summed E-state index contributed by atoms with van der Waals surface area (Å²) in [5.41, 5.74) is 1.14. The molecule has 0 aromatic heterocycles. The van der Waals surface area contributed by atoms with E-state index in [-0.39, 0.29) is 5.60 Å². The van der Waals surface area contributed by atoms with Gasteiger partial charge in [-0.15, -0.1) is 0 Å². The molecule has 0 fully saturated rings. The number of benzene rings is 1. The average Bonchev–Trinajstić information content (AvgIpc) is 2.21. The fourth-order valence-corrected chi connectivity index (χ4v) is 1.81. The van der Waals surface area contributed by atoms with Gasteiger partial charge in [0.05, 0.1) is 0 Å². The second-order valence-electron chi connectivity index (χ2n) is 4.68. The zero-order valence-electron chi connectivity index (χ0n) is 10.8. The molecule has 0 radical (unpaired) electrons. The highest BCUT2D eigenvalue weighted by atomic mass is 16.5. The molecule has 1 heteroatoms.